The summed E-state index contributed by atoms with van der Waals surface area (Å²) < 4.78 is 1.86. The summed E-state index contributed by atoms with van der Waals surface area (Å²) in [7, 11) is 0. The summed E-state index contributed by atoms with van der Waals surface area (Å²) in [5.74, 6) is 0.600. The number of aryl methyl sites for hydroxylation is 1. The predicted octanol–water partition coefficient (Wildman–Crippen LogP) is 1.97. The van der Waals surface area contributed by atoms with Gasteiger partial charge in [0.05, 0.1) is 6.54 Å². The molecule has 0 bridgehead atoms. The molecular formula is C15H14N4O. The highest BCUT2D eigenvalue weighted by Crippen LogP contribution is 2.05. The number of benzene rings is 1. The molecule has 5 heteroatoms. The lowest BCUT2D eigenvalue weighted by molar-refractivity contribution is 0.0949. The second-order valence-corrected chi connectivity index (χ2v) is 4.60. The standard InChI is InChI=1S/C15H14N4O/c1-11-5-4-6-12(9-11)15(20)16-10-14-18-17-13-7-2-3-8-19(13)14/h2-9H,10H2,1H3,(H,16,20). The van der Waals surface area contributed by atoms with Crippen LogP contribution in [0.1, 0.15) is 21.7 Å². The third kappa shape index (κ3) is 2.38. The summed E-state index contributed by atoms with van der Waals surface area (Å²) in [6.45, 7) is 2.31. The second kappa shape index (κ2) is 5.13. The number of fused-ring (bicyclic) bond motifs is 1. The monoisotopic (exact) mass is 266 g/mol. The predicted molar refractivity (Wildman–Crippen MR) is 75.3 cm³/mol. The molecule has 0 spiro atoms. The van der Waals surface area contributed by atoms with E-state index in [4.69, 9.17) is 0 Å². The van der Waals surface area contributed by atoms with Crippen LogP contribution in [0, 0.1) is 6.92 Å². The van der Waals surface area contributed by atoms with E-state index in [1.807, 2.05) is 53.9 Å². The number of carbonyl (C=O) groups is 1. The number of hydrogen-bond acceptors (Lipinski definition) is 3. The summed E-state index contributed by atoms with van der Waals surface area (Å²) in [4.78, 5) is 12.1. The van der Waals surface area contributed by atoms with Gasteiger partial charge in [0.15, 0.2) is 11.5 Å². The van der Waals surface area contributed by atoms with Crippen molar-refractivity contribution in [2.45, 2.75) is 13.5 Å². The third-order valence-corrected chi connectivity index (χ3v) is 3.07. The molecule has 3 rings (SSSR count). The maximum atomic E-state index is 12.1. The Hall–Kier alpha value is -2.69. The first-order valence-corrected chi connectivity index (χ1v) is 6.37. The van der Waals surface area contributed by atoms with Gasteiger partial charge < -0.3 is 5.32 Å². The van der Waals surface area contributed by atoms with E-state index in [1.54, 1.807) is 6.07 Å². The summed E-state index contributed by atoms with van der Waals surface area (Å²) in [6, 6.07) is 13.2. The van der Waals surface area contributed by atoms with Crippen molar-refractivity contribution < 1.29 is 4.79 Å². The van der Waals surface area contributed by atoms with Gasteiger partial charge in [0.2, 0.25) is 0 Å². The lowest BCUT2D eigenvalue weighted by Crippen LogP contribution is -2.24. The molecule has 0 atom stereocenters. The Labute approximate surface area is 116 Å². The first-order valence-electron chi connectivity index (χ1n) is 6.37. The van der Waals surface area contributed by atoms with Crippen LogP contribution in [0.25, 0.3) is 5.65 Å². The number of carbonyl (C=O) groups excluding carboxylic acids is 1. The van der Waals surface area contributed by atoms with E-state index in [0.29, 0.717) is 17.9 Å². The van der Waals surface area contributed by atoms with Crippen LogP contribution < -0.4 is 5.32 Å². The molecule has 1 N–H and O–H groups in total. The molecular weight excluding hydrogens is 252 g/mol. The van der Waals surface area contributed by atoms with Crippen LogP contribution in [0.15, 0.2) is 48.7 Å². The Morgan fingerprint density at radius 3 is 2.95 bits per heavy atom. The van der Waals surface area contributed by atoms with Crippen LogP contribution in [0.5, 0.6) is 0 Å². The van der Waals surface area contributed by atoms with E-state index in [1.165, 1.54) is 0 Å². The van der Waals surface area contributed by atoms with E-state index in [9.17, 15) is 4.79 Å². The van der Waals surface area contributed by atoms with Crippen molar-refractivity contribution in [3.63, 3.8) is 0 Å². The maximum Gasteiger partial charge on any atom is 0.251 e. The maximum absolute atomic E-state index is 12.1. The number of pyridine rings is 1. The molecule has 0 saturated heterocycles. The van der Waals surface area contributed by atoms with Crippen molar-refractivity contribution in [2.75, 3.05) is 0 Å². The van der Waals surface area contributed by atoms with Gasteiger partial charge in [0, 0.05) is 11.8 Å². The molecule has 2 aromatic heterocycles. The summed E-state index contributed by atoms with van der Waals surface area (Å²) >= 11 is 0. The molecule has 0 saturated carbocycles. The summed E-state index contributed by atoms with van der Waals surface area (Å²) in [6.07, 6.45) is 1.88. The molecule has 2 heterocycles. The average Bonchev–Trinajstić information content (AvgIpc) is 2.88. The topological polar surface area (TPSA) is 59.3 Å². The number of rotatable bonds is 3. The fourth-order valence-corrected chi connectivity index (χ4v) is 2.06. The van der Waals surface area contributed by atoms with Gasteiger partial charge >= 0.3 is 0 Å². The zero-order chi connectivity index (χ0) is 13.9. The lowest BCUT2D eigenvalue weighted by atomic mass is 10.1. The minimum atomic E-state index is -0.110. The Morgan fingerprint density at radius 1 is 1.20 bits per heavy atom. The zero-order valence-corrected chi connectivity index (χ0v) is 11.1. The van der Waals surface area contributed by atoms with Crippen molar-refractivity contribution in [1.29, 1.82) is 0 Å². The van der Waals surface area contributed by atoms with Crippen LogP contribution in [-0.2, 0) is 6.54 Å². The minimum Gasteiger partial charge on any atom is -0.345 e. The highest BCUT2D eigenvalue weighted by atomic mass is 16.1. The molecule has 3 aromatic rings. The van der Waals surface area contributed by atoms with Crippen LogP contribution in [0.3, 0.4) is 0 Å². The van der Waals surface area contributed by atoms with Gasteiger partial charge in [-0.05, 0) is 31.2 Å². The Morgan fingerprint density at radius 2 is 2.10 bits per heavy atom. The number of hydrogen-bond donors (Lipinski definition) is 1. The summed E-state index contributed by atoms with van der Waals surface area (Å²) in [5.41, 5.74) is 2.48. The molecule has 0 aliphatic carbocycles. The number of nitrogens with one attached hydrogen (secondary N) is 1. The minimum absolute atomic E-state index is 0.110. The normalized spacial score (nSPS) is 10.7. The van der Waals surface area contributed by atoms with E-state index < -0.39 is 0 Å². The van der Waals surface area contributed by atoms with Crippen LogP contribution in [0.4, 0.5) is 0 Å². The van der Waals surface area contributed by atoms with Gasteiger partial charge in [-0.2, -0.15) is 0 Å². The number of aromatic nitrogens is 3. The third-order valence-electron chi connectivity index (χ3n) is 3.07. The van der Waals surface area contributed by atoms with Gasteiger partial charge in [0.1, 0.15) is 0 Å². The first kappa shape index (κ1) is 12.3. The van der Waals surface area contributed by atoms with E-state index in [-0.39, 0.29) is 5.91 Å². The van der Waals surface area contributed by atoms with E-state index in [0.717, 1.165) is 11.2 Å². The van der Waals surface area contributed by atoms with Crippen molar-refractivity contribution in [1.82, 2.24) is 19.9 Å². The SMILES string of the molecule is Cc1cccc(C(=O)NCc2nnc3ccccn23)c1. The second-order valence-electron chi connectivity index (χ2n) is 4.60. The Bertz CT molecular complexity index is 763. The molecule has 0 unspecified atom stereocenters. The highest BCUT2D eigenvalue weighted by Gasteiger charge is 2.08. The van der Waals surface area contributed by atoms with Crippen molar-refractivity contribution in [3.05, 3.63) is 65.6 Å². The molecule has 20 heavy (non-hydrogen) atoms. The molecule has 0 fully saturated rings. The van der Waals surface area contributed by atoms with Crippen LogP contribution in [-0.4, -0.2) is 20.5 Å². The quantitative estimate of drug-likeness (QED) is 0.788. The molecule has 0 radical (unpaired) electrons. The Kier molecular flexibility index (Phi) is 3.16. The smallest absolute Gasteiger partial charge is 0.251 e. The lowest BCUT2D eigenvalue weighted by Gasteiger charge is -2.05. The van der Waals surface area contributed by atoms with Gasteiger partial charge in [-0.15, -0.1) is 10.2 Å². The Balaban J connectivity index is 1.75. The van der Waals surface area contributed by atoms with Crippen LogP contribution >= 0.6 is 0 Å². The number of nitrogens with zero attached hydrogens (tertiary/aromatic N) is 3. The van der Waals surface area contributed by atoms with Crippen LogP contribution in [0.2, 0.25) is 0 Å². The van der Waals surface area contributed by atoms with Crippen molar-refractivity contribution >= 4 is 11.6 Å². The fourth-order valence-electron chi connectivity index (χ4n) is 2.06. The number of amides is 1. The van der Waals surface area contributed by atoms with E-state index >= 15 is 0 Å². The highest BCUT2D eigenvalue weighted by molar-refractivity contribution is 5.94. The van der Waals surface area contributed by atoms with Crippen molar-refractivity contribution in [3.8, 4) is 0 Å². The van der Waals surface area contributed by atoms with Gasteiger partial charge in [-0.1, -0.05) is 23.8 Å². The zero-order valence-electron chi connectivity index (χ0n) is 11.1. The van der Waals surface area contributed by atoms with Gasteiger partial charge in [-0.25, -0.2) is 0 Å². The van der Waals surface area contributed by atoms with Gasteiger partial charge in [-0.3, -0.25) is 9.20 Å². The van der Waals surface area contributed by atoms with Gasteiger partial charge in [0.25, 0.3) is 5.91 Å². The molecule has 1 aromatic carbocycles. The summed E-state index contributed by atoms with van der Waals surface area (Å²) in [5, 5.41) is 11.0. The fraction of sp³-hybridized carbons (Fsp3) is 0.133. The largest absolute Gasteiger partial charge is 0.345 e. The molecule has 1 amide bonds. The molecule has 100 valence electrons. The average molecular weight is 266 g/mol. The molecule has 0 aliphatic rings. The molecule has 0 aliphatic heterocycles. The van der Waals surface area contributed by atoms with Crippen molar-refractivity contribution in [2.24, 2.45) is 0 Å². The van der Waals surface area contributed by atoms with E-state index in [2.05, 4.69) is 15.5 Å². The molecule has 5 nitrogen and oxygen atoms in total. The first-order chi connectivity index (χ1) is 9.74.